The average molecular weight is 318 g/mol. The summed E-state index contributed by atoms with van der Waals surface area (Å²) in [7, 11) is 0. The molecule has 8 heteroatoms. The van der Waals surface area contributed by atoms with Crippen molar-refractivity contribution in [1.29, 1.82) is 0 Å². The highest BCUT2D eigenvalue weighted by atomic mass is 19.1. The first-order valence-electron chi connectivity index (χ1n) is 6.71. The number of anilines is 1. The third-order valence-corrected chi connectivity index (χ3v) is 3.16. The molecule has 0 bridgehead atoms. The second kappa shape index (κ2) is 5.64. The molecule has 0 radical (unpaired) electrons. The molecule has 0 saturated heterocycles. The van der Waals surface area contributed by atoms with E-state index >= 15 is 0 Å². The molecule has 0 aliphatic heterocycles. The number of carbonyl (C=O) groups excluding carboxylic acids is 1. The van der Waals surface area contributed by atoms with E-state index in [0.717, 1.165) is 12.1 Å². The minimum absolute atomic E-state index is 0.0594. The number of rotatable bonds is 3. The summed E-state index contributed by atoms with van der Waals surface area (Å²) in [5.41, 5.74) is 0.310. The van der Waals surface area contributed by atoms with Crippen molar-refractivity contribution in [1.82, 2.24) is 15.2 Å². The zero-order valence-electron chi connectivity index (χ0n) is 12.3. The average Bonchev–Trinajstić information content (AvgIpc) is 3.05. The highest BCUT2D eigenvalue weighted by molar-refractivity contribution is 6.02. The van der Waals surface area contributed by atoms with Gasteiger partial charge in [-0.3, -0.25) is 9.89 Å². The number of hydrogen-bond acceptors (Lipinski definition) is 4. The molecule has 0 spiro atoms. The zero-order chi connectivity index (χ0) is 16.6. The summed E-state index contributed by atoms with van der Waals surface area (Å²) in [6.45, 7) is 3.26. The quantitative estimate of drug-likeness (QED) is 0.776. The van der Waals surface area contributed by atoms with Crippen molar-refractivity contribution in [3.63, 3.8) is 0 Å². The maximum atomic E-state index is 13.7. The predicted octanol–water partition coefficient (Wildman–Crippen LogP) is 3.21. The van der Waals surface area contributed by atoms with Crippen LogP contribution in [-0.2, 0) is 0 Å². The molecule has 0 aliphatic rings. The molecule has 0 fully saturated rings. The SMILES string of the molecule is Cc1nc(C)c(C(=O)Nc2cc(-c3c(F)cccc3F)[nH]n2)o1. The molecule has 23 heavy (non-hydrogen) atoms. The first-order valence-corrected chi connectivity index (χ1v) is 6.71. The van der Waals surface area contributed by atoms with Crippen LogP contribution in [0.25, 0.3) is 11.3 Å². The number of aromatic nitrogens is 3. The summed E-state index contributed by atoms with van der Waals surface area (Å²) < 4.78 is 32.7. The van der Waals surface area contributed by atoms with Gasteiger partial charge in [0.15, 0.2) is 11.7 Å². The number of oxazole rings is 1. The summed E-state index contributed by atoms with van der Waals surface area (Å²) in [5.74, 6) is -1.47. The van der Waals surface area contributed by atoms with Crippen LogP contribution in [0.5, 0.6) is 0 Å². The summed E-state index contributed by atoms with van der Waals surface area (Å²) >= 11 is 0. The number of nitrogens with zero attached hydrogens (tertiary/aromatic N) is 2. The van der Waals surface area contributed by atoms with E-state index in [-0.39, 0.29) is 22.8 Å². The second-order valence-electron chi connectivity index (χ2n) is 4.87. The Bertz CT molecular complexity index is 865. The van der Waals surface area contributed by atoms with Crippen LogP contribution in [0.4, 0.5) is 14.6 Å². The van der Waals surface area contributed by atoms with E-state index in [1.165, 1.54) is 12.1 Å². The maximum Gasteiger partial charge on any atom is 0.294 e. The number of carbonyl (C=O) groups is 1. The van der Waals surface area contributed by atoms with Gasteiger partial charge in [-0.15, -0.1) is 0 Å². The minimum atomic E-state index is -0.728. The first-order chi connectivity index (χ1) is 11.0. The zero-order valence-corrected chi connectivity index (χ0v) is 12.3. The van der Waals surface area contributed by atoms with Crippen molar-refractivity contribution in [3.8, 4) is 11.3 Å². The lowest BCUT2D eigenvalue weighted by molar-refractivity contribution is 0.0994. The number of benzene rings is 1. The highest BCUT2D eigenvalue weighted by Crippen LogP contribution is 2.26. The number of aromatic amines is 1. The van der Waals surface area contributed by atoms with E-state index < -0.39 is 17.5 Å². The third kappa shape index (κ3) is 2.83. The van der Waals surface area contributed by atoms with Gasteiger partial charge in [0.1, 0.15) is 11.6 Å². The molecule has 118 valence electrons. The van der Waals surface area contributed by atoms with E-state index in [0.29, 0.717) is 11.6 Å². The first kappa shape index (κ1) is 14.9. The van der Waals surface area contributed by atoms with Gasteiger partial charge in [0.05, 0.1) is 17.0 Å². The van der Waals surface area contributed by atoms with Crippen LogP contribution in [0.15, 0.2) is 28.7 Å². The number of nitrogens with one attached hydrogen (secondary N) is 2. The lowest BCUT2D eigenvalue weighted by Gasteiger charge is -2.00. The van der Waals surface area contributed by atoms with Crippen LogP contribution < -0.4 is 5.32 Å². The molecule has 0 saturated carbocycles. The van der Waals surface area contributed by atoms with Crippen LogP contribution in [0.1, 0.15) is 22.1 Å². The Morgan fingerprint density at radius 3 is 2.57 bits per heavy atom. The molecular formula is C15H12F2N4O2. The molecule has 3 rings (SSSR count). The summed E-state index contributed by atoms with van der Waals surface area (Å²) in [5, 5.41) is 8.80. The van der Waals surface area contributed by atoms with Gasteiger partial charge in [-0.05, 0) is 19.1 Å². The van der Waals surface area contributed by atoms with Crippen LogP contribution >= 0.6 is 0 Å². The lowest BCUT2D eigenvalue weighted by atomic mass is 10.1. The maximum absolute atomic E-state index is 13.7. The van der Waals surface area contributed by atoms with Gasteiger partial charge in [0.2, 0.25) is 5.76 Å². The van der Waals surface area contributed by atoms with Crippen LogP contribution in [0.3, 0.4) is 0 Å². The molecule has 2 N–H and O–H groups in total. The van der Waals surface area contributed by atoms with Crippen LogP contribution in [-0.4, -0.2) is 21.1 Å². The molecule has 6 nitrogen and oxygen atoms in total. The normalized spacial score (nSPS) is 10.8. The molecule has 2 heterocycles. The van der Waals surface area contributed by atoms with Gasteiger partial charge in [-0.25, -0.2) is 13.8 Å². The monoisotopic (exact) mass is 318 g/mol. The lowest BCUT2D eigenvalue weighted by Crippen LogP contribution is -2.12. The van der Waals surface area contributed by atoms with E-state index in [2.05, 4.69) is 20.5 Å². The molecule has 2 aromatic heterocycles. The number of amides is 1. The van der Waals surface area contributed by atoms with Crippen LogP contribution in [0.2, 0.25) is 0 Å². The Labute approximate surface area is 129 Å². The molecule has 0 aliphatic carbocycles. The molecule has 1 aromatic carbocycles. The summed E-state index contributed by atoms with van der Waals surface area (Å²) in [6.07, 6.45) is 0. The van der Waals surface area contributed by atoms with E-state index in [9.17, 15) is 13.6 Å². The molecule has 0 atom stereocenters. The van der Waals surface area contributed by atoms with Crippen molar-refractivity contribution < 1.29 is 18.0 Å². The topological polar surface area (TPSA) is 83.8 Å². The fraction of sp³-hybridized carbons (Fsp3) is 0.133. The fourth-order valence-electron chi connectivity index (χ4n) is 2.18. The van der Waals surface area contributed by atoms with Crippen molar-refractivity contribution in [2.24, 2.45) is 0 Å². The molecule has 1 amide bonds. The Morgan fingerprint density at radius 2 is 1.96 bits per heavy atom. The predicted molar refractivity (Wildman–Crippen MR) is 77.9 cm³/mol. The number of aryl methyl sites for hydroxylation is 2. The number of H-pyrrole nitrogens is 1. The standard InChI is InChI=1S/C15H12F2N4O2/c1-7-14(23-8(2)18-7)15(22)19-12-6-11(20-21-12)13-9(16)4-3-5-10(13)17/h3-6H,1-2H3,(H2,19,20,21,22). The minimum Gasteiger partial charge on any atom is -0.436 e. The van der Waals surface area contributed by atoms with Crippen molar-refractivity contribution in [3.05, 3.63) is 53.2 Å². The summed E-state index contributed by atoms with van der Waals surface area (Å²) in [4.78, 5) is 16.1. The molecular weight excluding hydrogens is 306 g/mol. The Balaban J connectivity index is 1.85. The Morgan fingerprint density at radius 1 is 1.26 bits per heavy atom. The van der Waals surface area contributed by atoms with Crippen LogP contribution in [0, 0.1) is 25.5 Å². The third-order valence-electron chi connectivity index (χ3n) is 3.16. The Hall–Kier alpha value is -3.03. The van der Waals surface area contributed by atoms with Crippen molar-refractivity contribution in [2.45, 2.75) is 13.8 Å². The van der Waals surface area contributed by atoms with Crippen molar-refractivity contribution in [2.75, 3.05) is 5.32 Å². The van der Waals surface area contributed by atoms with Gasteiger partial charge >= 0.3 is 0 Å². The van der Waals surface area contributed by atoms with Gasteiger partial charge in [-0.2, -0.15) is 5.10 Å². The highest BCUT2D eigenvalue weighted by Gasteiger charge is 2.18. The van der Waals surface area contributed by atoms with Crippen molar-refractivity contribution >= 4 is 11.7 Å². The second-order valence-corrected chi connectivity index (χ2v) is 4.87. The Kier molecular flexibility index (Phi) is 3.65. The van der Waals surface area contributed by atoms with Gasteiger partial charge in [0, 0.05) is 13.0 Å². The van der Waals surface area contributed by atoms with E-state index in [1.807, 2.05) is 0 Å². The summed E-state index contributed by atoms with van der Waals surface area (Å²) in [6, 6.07) is 4.87. The number of halogens is 2. The smallest absolute Gasteiger partial charge is 0.294 e. The fourth-order valence-corrected chi connectivity index (χ4v) is 2.18. The molecule has 0 unspecified atom stereocenters. The van der Waals surface area contributed by atoms with Gasteiger partial charge in [-0.1, -0.05) is 6.07 Å². The van der Waals surface area contributed by atoms with Gasteiger partial charge < -0.3 is 9.73 Å². The number of hydrogen-bond donors (Lipinski definition) is 2. The largest absolute Gasteiger partial charge is 0.436 e. The van der Waals surface area contributed by atoms with E-state index in [1.54, 1.807) is 13.8 Å². The molecule has 3 aromatic rings. The van der Waals surface area contributed by atoms with Gasteiger partial charge in [0.25, 0.3) is 5.91 Å². The van der Waals surface area contributed by atoms with E-state index in [4.69, 9.17) is 4.42 Å².